The van der Waals surface area contributed by atoms with Crippen molar-refractivity contribution in [3.05, 3.63) is 60.7 Å². The second-order valence-corrected chi connectivity index (χ2v) is 5.61. The van der Waals surface area contributed by atoms with Gasteiger partial charge in [0.2, 0.25) is 0 Å². The first kappa shape index (κ1) is 23.6. The molecule has 9 heteroatoms. The maximum absolute atomic E-state index is 10.3. The van der Waals surface area contributed by atoms with Crippen LogP contribution >= 0.6 is 12.6 Å². The average Bonchev–Trinajstić information content (AvgIpc) is 2.56. The summed E-state index contributed by atoms with van der Waals surface area (Å²) in [5.41, 5.74) is 1.48. The Bertz CT molecular complexity index is 619. The van der Waals surface area contributed by atoms with Gasteiger partial charge in [-0.15, -0.1) is 0 Å². The van der Waals surface area contributed by atoms with Gasteiger partial charge in [-0.05, 0) is 24.3 Å². The molecule has 3 N–H and O–H groups in total. The molecule has 0 unspecified atom stereocenters. The molecule has 0 heterocycles. The van der Waals surface area contributed by atoms with Crippen molar-refractivity contribution in [3.63, 3.8) is 0 Å². The highest BCUT2D eigenvalue weighted by molar-refractivity contribution is 7.80. The van der Waals surface area contributed by atoms with Gasteiger partial charge in [0, 0.05) is 17.1 Å². The summed E-state index contributed by atoms with van der Waals surface area (Å²) in [6.45, 7) is 0. The van der Waals surface area contributed by atoms with Crippen LogP contribution in [0.2, 0.25) is 0 Å². The zero-order valence-electron chi connectivity index (χ0n) is 13.6. The van der Waals surface area contributed by atoms with Gasteiger partial charge in [-0.1, -0.05) is 36.4 Å². The fourth-order valence-electron chi connectivity index (χ4n) is 1.37. The Morgan fingerprint density at radius 2 is 1.15 bits per heavy atom. The zero-order valence-corrected chi connectivity index (χ0v) is 16.2. The Balaban J connectivity index is 0.000000375. The Hall–Kier alpha value is -2.36. The van der Waals surface area contributed by atoms with Gasteiger partial charge in [-0.25, -0.2) is 0 Å². The van der Waals surface area contributed by atoms with E-state index in [0.717, 1.165) is 11.4 Å². The van der Waals surface area contributed by atoms with E-state index in [2.05, 4.69) is 48.5 Å². The van der Waals surface area contributed by atoms with Crippen molar-refractivity contribution in [1.29, 1.82) is 0 Å². The molecule has 0 saturated carbocycles. The van der Waals surface area contributed by atoms with Crippen LogP contribution < -0.4 is 10.6 Å². The smallest absolute Gasteiger partial charge is 0.304 e. The lowest BCUT2D eigenvalue weighted by atomic mass is 10.3. The number of hydrogen-bond acceptors (Lipinski definition) is 6. The monoisotopic (exact) mass is 410 g/mol. The molecule has 0 radical (unpaired) electrons. The Morgan fingerprint density at radius 1 is 0.808 bits per heavy atom. The SMILES string of the molecule is O=C(O)CCS.O=C([S-])Nc1ccccc1.O=C([S-])Nc1ccccc1. The molecule has 2 aromatic rings. The average molecular weight is 411 g/mol. The molecule has 26 heavy (non-hydrogen) atoms. The number of hydrogen-bond donors (Lipinski definition) is 4. The highest BCUT2D eigenvalue weighted by Crippen LogP contribution is 2.04. The standard InChI is InChI=1S/2C7H7NOS.C3H6O2S/c2*9-7(10)8-6-4-2-1-3-5-6;4-3(5)1-2-6/h2*1-5H,(H2,8,9,10);6H,1-2H2,(H,4,5)/p-2. The molecule has 0 fully saturated rings. The fourth-order valence-corrected chi connectivity index (χ4v) is 1.80. The molecule has 0 bridgehead atoms. The van der Waals surface area contributed by atoms with E-state index < -0.39 is 16.4 Å². The number of amides is 2. The quantitative estimate of drug-likeness (QED) is 0.451. The number of para-hydroxylation sites is 2. The minimum absolute atomic E-state index is 0.156. The summed E-state index contributed by atoms with van der Waals surface area (Å²) in [6.07, 6.45) is 0.156. The van der Waals surface area contributed by atoms with Gasteiger partial charge in [0.15, 0.2) is 0 Å². The molecule has 2 aromatic carbocycles. The predicted molar refractivity (Wildman–Crippen MR) is 112 cm³/mol. The summed E-state index contributed by atoms with van der Waals surface area (Å²) in [5.74, 6) is -0.361. The van der Waals surface area contributed by atoms with Crippen LogP contribution in [0.1, 0.15) is 6.42 Å². The van der Waals surface area contributed by atoms with E-state index >= 15 is 0 Å². The van der Waals surface area contributed by atoms with E-state index in [4.69, 9.17) is 5.11 Å². The van der Waals surface area contributed by atoms with Crippen molar-refractivity contribution >= 4 is 65.7 Å². The summed E-state index contributed by atoms with van der Waals surface area (Å²) in [7, 11) is 0. The second kappa shape index (κ2) is 14.9. The molecule has 6 nitrogen and oxygen atoms in total. The normalized spacial score (nSPS) is 8.65. The minimum atomic E-state index is -0.787. The third-order valence-corrected chi connectivity index (χ3v) is 2.79. The molecule has 0 atom stereocenters. The van der Waals surface area contributed by atoms with Crippen LogP contribution in [0.4, 0.5) is 21.0 Å². The highest BCUT2D eigenvalue weighted by atomic mass is 32.1. The number of carboxylic acid groups (broad SMARTS) is 1. The van der Waals surface area contributed by atoms with Crippen LogP contribution in [0, 0.1) is 0 Å². The maximum Gasteiger partial charge on any atom is 0.304 e. The van der Waals surface area contributed by atoms with E-state index in [0.29, 0.717) is 5.75 Å². The summed E-state index contributed by atoms with van der Waals surface area (Å²) in [6, 6.07) is 18.2. The first-order valence-electron chi connectivity index (χ1n) is 7.24. The number of nitrogens with one attached hydrogen (secondary N) is 2. The topological polar surface area (TPSA) is 95.5 Å². The number of benzene rings is 2. The van der Waals surface area contributed by atoms with Crippen molar-refractivity contribution in [2.24, 2.45) is 0 Å². The maximum atomic E-state index is 10.3. The van der Waals surface area contributed by atoms with E-state index in [1.165, 1.54) is 0 Å². The predicted octanol–water partition coefficient (Wildman–Crippen LogP) is 3.92. The van der Waals surface area contributed by atoms with Crippen molar-refractivity contribution in [1.82, 2.24) is 0 Å². The number of aliphatic carboxylic acids is 1. The number of carbonyl (C=O) groups excluding carboxylic acids is 2. The molecule has 0 aliphatic rings. The summed E-state index contributed by atoms with van der Waals surface area (Å²) in [5, 5.41) is 11.9. The Morgan fingerprint density at radius 3 is 1.35 bits per heavy atom. The lowest BCUT2D eigenvalue weighted by Crippen LogP contribution is -2.03. The molecular formula is C17H18N2O4S3-2. The molecule has 0 saturated heterocycles. The van der Waals surface area contributed by atoms with Gasteiger partial charge < -0.3 is 50.6 Å². The number of rotatable bonds is 4. The summed E-state index contributed by atoms with van der Waals surface area (Å²) >= 11 is 12.3. The van der Waals surface area contributed by atoms with Gasteiger partial charge in [-0.3, -0.25) is 4.79 Å². The zero-order chi connectivity index (χ0) is 19.8. The first-order chi connectivity index (χ1) is 12.3. The number of thiol groups is 1. The Labute approximate surface area is 168 Å². The number of anilines is 2. The van der Waals surface area contributed by atoms with Crippen molar-refractivity contribution in [2.45, 2.75) is 6.42 Å². The largest absolute Gasteiger partial charge is 0.719 e. The van der Waals surface area contributed by atoms with Gasteiger partial charge >= 0.3 is 5.97 Å². The summed E-state index contributed by atoms with van der Waals surface area (Å²) in [4.78, 5) is 30.2. The van der Waals surface area contributed by atoms with Gasteiger partial charge in [0.05, 0.1) is 6.42 Å². The van der Waals surface area contributed by atoms with E-state index in [1.54, 1.807) is 24.3 Å². The molecule has 0 aliphatic carbocycles. The molecule has 2 amide bonds. The van der Waals surface area contributed by atoms with Crippen LogP contribution in [0.15, 0.2) is 60.7 Å². The van der Waals surface area contributed by atoms with Crippen LogP contribution in [0.5, 0.6) is 0 Å². The molecule has 0 aromatic heterocycles. The lowest BCUT2D eigenvalue weighted by Gasteiger charge is -2.06. The van der Waals surface area contributed by atoms with Crippen LogP contribution in [-0.4, -0.2) is 27.3 Å². The number of carboxylic acids is 1. The third kappa shape index (κ3) is 15.2. The van der Waals surface area contributed by atoms with Gasteiger partial charge in [0.25, 0.3) is 0 Å². The van der Waals surface area contributed by atoms with E-state index in [9.17, 15) is 14.4 Å². The van der Waals surface area contributed by atoms with E-state index in [-0.39, 0.29) is 6.42 Å². The second-order valence-electron chi connectivity index (χ2n) is 4.42. The molecule has 2 rings (SSSR count). The molecular weight excluding hydrogens is 392 g/mol. The molecule has 140 valence electrons. The van der Waals surface area contributed by atoms with Crippen molar-refractivity contribution < 1.29 is 19.5 Å². The molecule has 0 spiro atoms. The Kier molecular flexibility index (Phi) is 13.6. The lowest BCUT2D eigenvalue weighted by molar-refractivity contribution is -0.136. The number of carbonyl (C=O) groups is 3. The van der Waals surface area contributed by atoms with Crippen LogP contribution in [0.25, 0.3) is 0 Å². The van der Waals surface area contributed by atoms with Gasteiger partial charge in [0.1, 0.15) is 10.5 Å². The minimum Gasteiger partial charge on any atom is -0.719 e. The van der Waals surface area contributed by atoms with Crippen molar-refractivity contribution in [3.8, 4) is 0 Å². The van der Waals surface area contributed by atoms with Gasteiger partial charge in [-0.2, -0.15) is 12.6 Å². The van der Waals surface area contributed by atoms with E-state index in [1.807, 2.05) is 36.4 Å². The van der Waals surface area contributed by atoms with Crippen molar-refractivity contribution in [2.75, 3.05) is 16.4 Å². The first-order valence-corrected chi connectivity index (χ1v) is 8.68. The van der Waals surface area contributed by atoms with Crippen LogP contribution in [0.3, 0.4) is 0 Å². The van der Waals surface area contributed by atoms with Crippen LogP contribution in [-0.2, 0) is 30.1 Å². The summed E-state index contributed by atoms with van der Waals surface area (Å²) < 4.78 is 0. The fraction of sp³-hybridized carbons (Fsp3) is 0.118. The third-order valence-electron chi connectivity index (χ3n) is 2.37. The molecule has 0 aliphatic heterocycles. The highest BCUT2D eigenvalue weighted by Gasteiger charge is 1.88.